The summed E-state index contributed by atoms with van der Waals surface area (Å²) in [6.45, 7) is 3.78. The minimum absolute atomic E-state index is 0.00513. The molecule has 144 valence electrons. The van der Waals surface area contributed by atoms with Crippen LogP contribution in [-0.4, -0.2) is 44.7 Å². The van der Waals surface area contributed by atoms with E-state index in [1.54, 1.807) is 14.2 Å². The van der Waals surface area contributed by atoms with Gasteiger partial charge in [0, 0.05) is 31.7 Å². The number of carbonyl (C=O) groups excluding carboxylic acids is 1. The minimum atomic E-state index is 0.00513. The van der Waals surface area contributed by atoms with E-state index in [0.717, 1.165) is 43.8 Å². The first kappa shape index (κ1) is 19.2. The van der Waals surface area contributed by atoms with E-state index in [4.69, 9.17) is 9.47 Å². The lowest BCUT2D eigenvalue weighted by Crippen LogP contribution is -2.34. The predicted molar refractivity (Wildman–Crippen MR) is 106 cm³/mol. The summed E-state index contributed by atoms with van der Waals surface area (Å²) in [5.41, 5.74) is 3.73. The van der Waals surface area contributed by atoms with Crippen LogP contribution in [0.2, 0.25) is 0 Å². The molecule has 0 unspecified atom stereocenters. The minimum Gasteiger partial charge on any atom is -0.497 e. The first-order chi connectivity index (χ1) is 13.2. The van der Waals surface area contributed by atoms with Gasteiger partial charge in [0.15, 0.2) is 0 Å². The van der Waals surface area contributed by atoms with Crippen LogP contribution < -0.4 is 14.8 Å². The number of benzene rings is 2. The van der Waals surface area contributed by atoms with E-state index in [1.165, 1.54) is 11.1 Å². The zero-order valence-corrected chi connectivity index (χ0v) is 16.2. The fourth-order valence-electron chi connectivity index (χ4n) is 3.53. The van der Waals surface area contributed by atoms with Crippen LogP contribution in [0, 0.1) is 0 Å². The summed E-state index contributed by atoms with van der Waals surface area (Å²) in [4.78, 5) is 14.7. The van der Waals surface area contributed by atoms with Crippen molar-refractivity contribution < 1.29 is 14.3 Å². The Labute approximate surface area is 161 Å². The first-order valence-electron chi connectivity index (χ1n) is 9.46. The van der Waals surface area contributed by atoms with Crippen molar-refractivity contribution in [3.63, 3.8) is 0 Å². The molecular formula is C22H28N2O3. The van der Waals surface area contributed by atoms with Crippen molar-refractivity contribution in [2.24, 2.45) is 0 Å². The average Bonchev–Trinajstić information content (AvgIpc) is 2.71. The summed E-state index contributed by atoms with van der Waals surface area (Å²) in [5, 5.41) is 3.02. The Bertz CT molecular complexity index is 776. The summed E-state index contributed by atoms with van der Waals surface area (Å²) >= 11 is 0. The van der Waals surface area contributed by atoms with Gasteiger partial charge in [0.05, 0.1) is 20.6 Å². The molecule has 1 amide bonds. The molecule has 0 fully saturated rings. The second kappa shape index (κ2) is 9.42. The van der Waals surface area contributed by atoms with Crippen LogP contribution in [0.15, 0.2) is 42.5 Å². The molecule has 0 bridgehead atoms. The van der Waals surface area contributed by atoms with Gasteiger partial charge < -0.3 is 14.8 Å². The van der Waals surface area contributed by atoms with E-state index < -0.39 is 0 Å². The van der Waals surface area contributed by atoms with Crippen LogP contribution in [0.25, 0.3) is 0 Å². The topological polar surface area (TPSA) is 50.8 Å². The summed E-state index contributed by atoms with van der Waals surface area (Å²) in [6, 6.07) is 14.2. The molecule has 1 N–H and O–H groups in total. The fourth-order valence-corrected chi connectivity index (χ4v) is 3.53. The maximum Gasteiger partial charge on any atom is 0.224 e. The van der Waals surface area contributed by atoms with E-state index in [9.17, 15) is 4.79 Å². The standard InChI is InChI=1S/C22H28N2O3/c1-26-20-8-9-21(27-2)19(14-20)15-22(25)23-11-5-12-24-13-10-17-6-3-4-7-18(17)16-24/h3-4,6-9,14H,5,10-13,15-16H2,1-2H3,(H,23,25). The van der Waals surface area contributed by atoms with E-state index in [2.05, 4.69) is 34.5 Å². The van der Waals surface area contributed by atoms with Gasteiger partial charge in [-0.25, -0.2) is 0 Å². The van der Waals surface area contributed by atoms with Crippen molar-refractivity contribution in [2.75, 3.05) is 33.9 Å². The highest BCUT2D eigenvalue weighted by Gasteiger charge is 2.15. The molecule has 27 heavy (non-hydrogen) atoms. The van der Waals surface area contributed by atoms with Crippen molar-refractivity contribution in [3.05, 3.63) is 59.2 Å². The van der Waals surface area contributed by atoms with Crippen molar-refractivity contribution in [2.45, 2.75) is 25.8 Å². The lowest BCUT2D eigenvalue weighted by Gasteiger charge is -2.28. The summed E-state index contributed by atoms with van der Waals surface area (Å²) in [6.07, 6.45) is 2.35. The normalized spacial score (nSPS) is 13.7. The lowest BCUT2D eigenvalue weighted by atomic mass is 10.00. The predicted octanol–water partition coefficient (Wildman–Crippen LogP) is 2.81. The van der Waals surface area contributed by atoms with Crippen molar-refractivity contribution in [1.82, 2.24) is 10.2 Å². The highest BCUT2D eigenvalue weighted by atomic mass is 16.5. The number of fused-ring (bicyclic) bond motifs is 1. The van der Waals surface area contributed by atoms with Crippen molar-refractivity contribution in [3.8, 4) is 11.5 Å². The molecule has 1 heterocycles. The number of hydrogen-bond donors (Lipinski definition) is 1. The maximum absolute atomic E-state index is 12.3. The molecule has 0 spiro atoms. The van der Waals surface area contributed by atoms with Crippen LogP contribution in [-0.2, 0) is 24.2 Å². The van der Waals surface area contributed by atoms with Crippen LogP contribution in [0.5, 0.6) is 11.5 Å². The summed E-state index contributed by atoms with van der Waals surface area (Å²) in [5.74, 6) is 1.44. The van der Waals surface area contributed by atoms with Gasteiger partial charge in [-0.1, -0.05) is 24.3 Å². The SMILES string of the molecule is COc1ccc(OC)c(CC(=O)NCCCN2CCc3ccccc3C2)c1. The van der Waals surface area contributed by atoms with E-state index in [-0.39, 0.29) is 12.3 Å². The third kappa shape index (κ3) is 5.23. The molecule has 1 aliphatic heterocycles. The van der Waals surface area contributed by atoms with Gasteiger partial charge >= 0.3 is 0 Å². The molecule has 0 atom stereocenters. The molecule has 0 radical (unpaired) electrons. The van der Waals surface area contributed by atoms with Gasteiger partial charge in [-0.05, 0) is 42.2 Å². The highest BCUT2D eigenvalue weighted by molar-refractivity contribution is 5.79. The molecule has 0 aromatic heterocycles. The van der Waals surface area contributed by atoms with E-state index in [1.807, 2.05) is 18.2 Å². The summed E-state index contributed by atoms with van der Waals surface area (Å²) < 4.78 is 10.6. The van der Waals surface area contributed by atoms with Gasteiger partial charge in [-0.2, -0.15) is 0 Å². The Morgan fingerprint density at radius 1 is 1.11 bits per heavy atom. The zero-order chi connectivity index (χ0) is 19.1. The third-order valence-corrected chi connectivity index (χ3v) is 5.02. The average molecular weight is 368 g/mol. The van der Waals surface area contributed by atoms with Gasteiger partial charge in [-0.15, -0.1) is 0 Å². The second-order valence-electron chi connectivity index (χ2n) is 6.85. The van der Waals surface area contributed by atoms with E-state index in [0.29, 0.717) is 12.3 Å². The van der Waals surface area contributed by atoms with Crippen LogP contribution in [0.1, 0.15) is 23.1 Å². The summed E-state index contributed by atoms with van der Waals surface area (Å²) in [7, 11) is 3.23. The van der Waals surface area contributed by atoms with Crippen molar-refractivity contribution >= 4 is 5.91 Å². The van der Waals surface area contributed by atoms with Gasteiger partial charge in [-0.3, -0.25) is 9.69 Å². The quantitative estimate of drug-likeness (QED) is 0.728. The Hall–Kier alpha value is -2.53. The number of nitrogens with zero attached hydrogens (tertiary/aromatic N) is 1. The van der Waals surface area contributed by atoms with Crippen LogP contribution in [0.3, 0.4) is 0 Å². The Morgan fingerprint density at radius 3 is 2.70 bits per heavy atom. The molecule has 0 saturated carbocycles. The number of ether oxygens (including phenoxy) is 2. The molecule has 2 aromatic carbocycles. The molecular weight excluding hydrogens is 340 g/mol. The van der Waals surface area contributed by atoms with Gasteiger partial charge in [0.25, 0.3) is 0 Å². The first-order valence-corrected chi connectivity index (χ1v) is 9.46. The third-order valence-electron chi connectivity index (χ3n) is 5.02. The Morgan fingerprint density at radius 2 is 1.93 bits per heavy atom. The number of rotatable bonds is 8. The smallest absolute Gasteiger partial charge is 0.224 e. The van der Waals surface area contributed by atoms with Gasteiger partial charge in [0.2, 0.25) is 5.91 Å². The van der Waals surface area contributed by atoms with Crippen LogP contribution in [0.4, 0.5) is 0 Å². The molecule has 0 aliphatic carbocycles. The molecule has 2 aromatic rings. The maximum atomic E-state index is 12.3. The lowest BCUT2D eigenvalue weighted by molar-refractivity contribution is -0.120. The number of methoxy groups -OCH3 is 2. The molecule has 5 heteroatoms. The molecule has 5 nitrogen and oxygen atoms in total. The number of amides is 1. The monoisotopic (exact) mass is 368 g/mol. The fraction of sp³-hybridized carbons (Fsp3) is 0.409. The highest BCUT2D eigenvalue weighted by Crippen LogP contribution is 2.24. The largest absolute Gasteiger partial charge is 0.497 e. The van der Waals surface area contributed by atoms with Crippen molar-refractivity contribution in [1.29, 1.82) is 0 Å². The van der Waals surface area contributed by atoms with Crippen LogP contribution >= 0.6 is 0 Å². The zero-order valence-electron chi connectivity index (χ0n) is 16.2. The number of carbonyl (C=O) groups is 1. The Kier molecular flexibility index (Phi) is 6.71. The number of nitrogens with one attached hydrogen (secondary N) is 1. The molecule has 0 saturated heterocycles. The van der Waals surface area contributed by atoms with E-state index >= 15 is 0 Å². The van der Waals surface area contributed by atoms with Gasteiger partial charge in [0.1, 0.15) is 11.5 Å². The second-order valence-corrected chi connectivity index (χ2v) is 6.85. The molecule has 1 aliphatic rings. The Balaban J connectivity index is 1.42. The number of hydrogen-bond acceptors (Lipinski definition) is 4. The molecule has 3 rings (SSSR count).